The van der Waals surface area contributed by atoms with E-state index in [9.17, 15) is 13.2 Å². The van der Waals surface area contributed by atoms with Crippen LogP contribution in [0.5, 0.6) is 0 Å². The molecule has 1 aliphatic heterocycles. The molecule has 0 bridgehead atoms. The standard InChI is InChI=1S/C24H23N3O3S/c1-25-22-9-5-4-8-20(22)17-23(25)24(28)26-12-14-27(15-13-26)31(29,30)21-11-10-18-6-2-3-7-19(18)16-21/h2-11,16-17H,12-15H2,1H3. The molecule has 5 rings (SSSR count). The van der Waals surface area contributed by atoms with Crippen LogP contribution in [0.15, 0.2) is 77.7 Å². The van der Waals surface area contributed by atoms with Gasteiger partial charge in [-0.05, 0) is 35.0 Å². The number of carbonyl (C=O) groups excluding carboxylic acids is 1. The lowest BCUT2D eigenvalue weighted by atomic mass is 10.1. The number of hydrogen-bond acceptors (Lipinski definition) is 3. The quantitative estimate of drug-likeness (QED) is 0.497. The normalized spacial score (nSPS) is 15.6. The van der Waals surface area contributed by atoms with Gasteiger partial charge in [-0.3, -0.25) is 4.79 Å². The molecule has 7 heteroatoms. The molecular formula is C24H23N3O3S. The molecular weight excluding hydrogens is 410 g/mol. The number of aromatic nitrogens is 1. The summed E-state index contributed by atoms with van der Waals surface area (Å²) in [5.74, 6) is -0.0681. The monoisotopic (exact) mass is 433 g/mol. The molecule has 6 nitrogen and oxygen atoms in total. The fourth-order valence-corrected chi connectivity index (χ4v) is 5.72. The highest BCUT2D eigenvalue weighted by Crippen LogP contribution is 2.24. The summed E-state index contributed by atoms with van der Waals surface area (Å²) in [6, 6.07) is 22.7. The molecule has 1 saturated heterocycles. The van der Waals surface area contributed by atoms with Gasteiger partial charge in [-0.1, -0.05) is 48.5 Å². The first-order valence-corrected chi connectivity index (χ1v) is 11.7. The Morgan fingerprint density at radius 2 is 1.42 bits per heavy atom. The molecule has 1 fully saturated rings. The van der Waals surface area contributed by atoms with E-state index in [1.165, 1.54) is 4.31 Å². The second kappa shape index (κ2) is 7.51. The predicted molar refractivity (Wildman–Crippen MR) is 122 cm³/mol. The third-order valence-electron chi connectivity index (χ3n) is 6.06. The topological polar surface area (TPSA) is 62.6 Å². The second-order valence-corrected chi connectivity index (χ2v) is 9.79. The van der Waals surface area contributed by atoms with Crippen molar-refractivity contribution in [2.45, 2.75) is 4.90 Å². The Morgan fingerprint density at radius 1 is 0.774 bits per heavy atom. The summed E-state index contributed by atoms with van der Waals surface area (Å²) < 4.78 is 29.7. The van der Waals surface area contributed by atoms with Crippen molar-refractivity contribution < 1.29 is 13.2 Å². The molecule has 2 heterocycles. The third kappa shape index (κ3) is 3.40. The number of nitrogens with zero attached hydrogens (tertiary/aromatic N) is 3. The molecule has 1 aliphatic rings. The molecule has 1 amide bonds. The average Bonchev–Trinajstić information content (AvgIpc) is 3.15. The van der Waals surface area contributed by atoms with Crippen LogP contribution >= 0.6 is 0 Å². The Hall–Kier alpha value is -3.16. The zero-order valence-electron chi connectivity index (χ0n) is 17.2. The molecule has 0 saturated carbocycles. The Kier molecular flexibility index (Phi) is 4.79. The van der Waals surface area contributed by atoms with E-state index in [0.29, 0.717) is 23.7 Å². The van der Waals surface area contributed by atoms with Crippen molar-refractivity contribution in [2.24, 2.45) is 7.05 Å². The van der Waals surface area contributed by atoms with Crippen molar-refractivity contribution >= 4 is 37.6 Å². The van der Waals surface area contributed by atoms with Crippen molar-refractivity contribution in [1.82, 2.24) is 13.8 Å². The van der Waals surface area contributed by atoms with E-state index in [-0.39, 0.29) is 19.0 Å². The summed E-state index contributed by atoms with van der Waals surface area (Å²) in [6.07, 6.45) is 0. The summed E-state index contributed by atoms with van der Waals surface area (Å²) in [7, 11) is -1.72. The average molecular weight is 434 g/mol. The molecule has 0 unspecified atom stereocenters. The smallest absolute Gasteiger partial charge is 0.270 e. The molecule has 4 aromatic rings. The minimum Gasteiger partial charge on any atom is -0.340 e. The minimum absolute atomic E-state index is 0.0681. The first-order chi connectivity index (χ1) is 14.9. The van der Waals surface area contributed by atoms with Crippen molar-refractivity contribution in [1.29, 1.82) is 0 Å². The maximum absolute atomic E-state index is 13.2. The van der Waals surface area contributed by atoms with E-state index in [4.69, 9.17) is 0 Å². The number of sulfonamides is 1. The zero-order valence-corrected chi connectivity index (χ0v) is 18.0. The van der Waals surface area contributed by atoms with Crippen LogP contribution in [-0.2, 0) is 17.1 Å². The van der Waals surface area contributed by atoms with Crippen LogP contribution in [0.25, 0.3) is 21.7 Å². The second-order valence-electron chi connectivity index (χ2n) is 7.85. The van der Waals surface area contributed by atoms with Gasteiger partial charge in [-0.25, -0.2) is 8.42 Å². The molecule has 31 heavy (non-hydrogen) atoms. The summed E-state index contributed by atoms with van der Waals surface area (Å²) in [6.45, 7) is 1.30. The van der Waals surface area contributed by atoms with Gasteiger partial charge in [0, 0.05) is 44.1 Å². The lowest BCUT2D eigenvalue weighted by Crippen LogP contribution is -2.50. The van der Waals surface area contributed by atoms with E-state index in [1.54, 1.807) is 17.0 Å². The Bertz CT molecular complexity index is 1400. The number of carbonyl (C=O) groups is 1. The predicted octanol–water partition coefficient (Wildman–Crippen LogP) is 3.48. The zero-order chi connectivity index (χ0) is 21.6. The van der Waals surface area contributed by atoms with Crippen LogP contribution < -0.4 is 0 Å². The number of aryl methyl sites for hydroxylation is 1. The van der Waals surface area contributed by atoms with Gasteiger partial charge in [-0.2, -0.15) is 4.31 Å². The fourth-order valence-electron chi connectivity index (χ4n) is 4.26. The van der Waals surface area contributed by atoms with Gasteiger partial charge in [0.1, 0.15) is 5.69 Å². The summed E-state index contributed by atoms with van der Waals surface area (Å²) >= 11 is 0. The highest BCUT2D eigenvalue weighted by molar-refractivity contribution is 7.89. The van der Waals surface area contributed by atoms with Crippen LogP contribution in [0, 0.1) is 0 Å². The van der Waals surface area contributed by atoms with Crippen molar-refractivity contribution in [2.75, 3.05) is 26.2 Å². The van der Waals surface area contributed by atoms with Gasteiger partial charge < -0.3 is 9.47 Å². The first kappa shape index (κ1) is 19.8. The van der Waals surface area contributed by atoms with Gasteiger partial charge in [0.05, 0.1) is 4.90 Å². The summed E-state index contributed by atoms with van der Waals surface area (Å²) in [5, 5.41) is 2.92. The first-order valence-electron chi connectivity index (χ1n) is 10.3. The van der Waals surface area contributed by atoms with Gasteiger partial charge in [0.25, 0.3) is 5.91 Å². The molecule has 0 radical (unpaired) electrons. The van der Waals surface area contributed by atoms with Gasteiger partial charge in [0.2, 0.25) is 10.0 Å². The number of piperazine rings is 1. The van der Waals surface area contributed by atoms with Crippen LogP contribution in [0.3, 0.4) is 0 Å². The van der Waals surface area contributed by atoms with E-state index < -0.39 is 10.0 Å². The van der Waals surface area contributed by atoms with E-state index in [0.717, 1.165) is 21.7 Å². The lowest BCUT2D eigenvalue weighted by molar-refractivity contribution is 0.0689. The molecule has 0 N–H and O–H groups in total. The Labute approximate surface area is 181 Å². The highest BCUT2D eigenvalue weighted by atomic mass is 32.2. The van der Waals surface area contributed by atoms with E-state index in [1.807, 2.05) is 72.3 Å². The summed E-state index contributed by atoms with van der Waals surface area (Å²) in [5.41, 5.74) is 1.62. The number of fused-ring (bicyclic) bond motifs is 2. The van der Waals surface area contributed by atoms with E-state index in [2.05, 4.69) is 0 Å². The van der Waals surface area contributed by atoms with Crippen molar-refractivity contribution in [3.8, 4) is 0 Å². The Morgan fingerprint density at radius 3 is 2.13 bits per heavy atom. The third-order valence-corrected chi connectivity index (χ3v) is 7.95. The SMILES string of the molecule is Cn1c(C(=O)N2CCN(S(=O)(=O)c3ccc4ccccc4c3)CC2)cc2ccccc21. The van der Waals surface area contributed by atoms with Crippen LogP contribution in [0.1, 0.15) is 10.5 Å². The lowest BCUT2D eigenvalue weighted by Gasteiger charge is -2.34. The largest absolute Gasteiger partial charge is 0.340 e. The number of benzene rings is 3. The Balaban J connectivity index is 1.34. The highest BCUT2D eigenvalue weighted by Gasteiger charge is 2.31. The van der Waals surface area contributed by atoms with Gasteiger partial charge >= 0.3 is 0 Å². The van der Waals surface area contributed by atoms with Crippen molar-refractivity contribution in [3.05, 3.63) is 78.5 Å². The molecule has 3 aromatic carbocycles. The van der Waals surface area contributed by atoms with Gasteiger partial charge in [0.15, 0.2) is 0 Å². The fraction of sp³-hybridized carbons (Fsp3) is 0.208. The minimum atomic E-state index is -3.61. The molecule has 1 aromatic heterocycles. The van der Waals surface area contributed by atoms with Crippen molar-refractivity contribution in [3.63, 3.8) is 0 Å². The molecule has 0 aliphatic carbocycles. The number of amides is 1. The summed E-state index contributed by atoms with van der Waals surface area (Å²) in [4.78, 5) is 15.1. The van der Waals surface area contributed by atoms with Crippen LogP contribution in [-0.4, -0.2) is 54.3 Å². The number of para-hydroxylation sites is 1. The number of rotatable bonds is 3. The van der Waals surface area contributed by atoms with Crippen LogP contribution in [0.4, 0.5) is 0 Å². The molecule has 158 valence electrons. The van der Waals surface area contributed by atoms with Crippen LogP contribution in [0.2, 0.25) is 0 Å². The molecule has 0 atom stereocenters. The van der Waals surface area contributed by atoms with Gasteiger partial charge in [-0.15, -0.1) is 0 Å². The number of hydrogen-bond donors (Lipinski definition) is 0. The maximum Gasteiger partial charge on any atom is 0.270 e. The van der Waals surface area contributed by atoms with E-state index >= 15 is 0 Å². The maximum atomic E-state index is 13.2. The molecule has 0 spiro atoms.